The van der Waals surface area contributed by atoms with E-state index in [1.54, 1.807) is 25.3 Å². The Morgan fingerprint density at radius 2 is 1.96 bits per heavy atom. The van der Waals surface area contributed by atoms with Gasteiger partial charge in [-0.25, -0.2) is 0 Å². The summed E-state index contributed by atoms with van der Waals surface area (Å²) >= 11 is 5.94. The zero-order valence-corrected chi connectivity index (χ0v) is 16.5. The highest BCUT2D eigenvalue weighted by Crippen LogP contribution is 2.27. The van der Waals surface area contributed by atoms with Gasteiger partial charge in [0, 0.05) is 25.1 Å². The first-order valence-electron chi connectivity index (χ1n) is 8.18. The minimum Gasteiger partial charge on any atom is -0.495 e. The van der Waals surface area contributed by atoms with E-state index in [0.717, 1.165) is 13.1 Å². The summed E-state index contributed by atoms with van der Waals surface area (Å²) in [5, 5.41) is 9.23. The third-order valence-corrected chi connectivity index (χ3v) is 4.52. The Morgan fingerprint density at radius 1 is 1.27 bits per heavy atom. The van der Waals surface area contributed by atoms with Crippen molar-refractivity contribution in [1.29, 1.82) is 0 Å². The quantitative estimate of drug-likeness (QED) is 0.645. The number of carbonyl (C=O) groups excluding carboxylic acids is 2. The molecule has 7 nitrogen and oxygen atoms in total. The van der Waals surface area contributed by atoms with Crippen molar-refractivity contribution in [2.45, 2.75) is 24.9 Å². The molecule has 1 aromatic rings. The average molecular weight is 406 g/mol. The van der Waals surface area contributed by atoms with Gasteiger partial charge in [-0.3, -0.25) is 9.59 Å². The molecular formula is C17H25Cl2N3O4. The number of carbonyl (C=O) groups is 2. The number of piperidine rings is 1. The number of amides is 2. The Balaban J connectivity index is 0.00000338. The van der Waals surface area contributed by atoms with E-state index in [2.05, 4.69) is 16.0 Å². The molecule has 0 bridgehead atoms. The van der Waals surface area contributed by atoms with E-state index >= 15 is 0 Å². The highest BCUT2D eigenvalue weighted by atomic mass is 35.5. The molecule has 0 aromatic heterocycles. The lowest BCUT2D eigenvalue weighted by Gasteiger charge is -2.34. The van der Waals surface area contributed by atoms with Crippen LogP contribution in [0, 0.1) is 0 Å². The molecule has 1 aliphatic heterocycles. The standard InChI is InChI=1S/C17H24ClN3O4.ClH/c1-24-14-4-3-12(18)11-13(14)21-15(22)5-8-20-16(23)17(25-2)6-9-19-10-7-17;/h3-4,11,19H,5-10H2,1-2H3,(H,20,23)(H,21,22);1H. The SMILES string of the molecule is COc1ccc(Cl)cc1NC(=O)CCNC(=O)C1(OC)CCNCC1.Cl. The van der Waals surface area contributed by atoms with Crippen LogP contribution >= 0.6 is 24.0 Å². The first-order chi connectivity index (χ1) is 12.0. The number of ether oxygens (including phenoxy) is 2. The second kappa shape index (κ2) is 10.6. The zero-order chi connectivity index (χ0) is 18.3. The van der Waals surface area contributed by atoms with Crippen LogP contribution < -0.4 is 20.7 Å². The molecule has 0 unspecified atom stereocenters. The predicted molar refractivity (Wildman–Crippen MR) is 103 cm³/mol. The van der Waals surface area contributed by atoms with E-state index in [1.807, 2.05) is 0 Å². The van der Waals surface area contributed by atoms with E-state index < -0.39 is 5.60 Å². The van der Waals surface area contributed by atoms with Gasteiger partial charge in [-0.1, -0.05) is 11.6 Å². The number of anilines is 1. The molecule has 0 spiro atoms. The molecule has 3 N–H and O–H groups in total. The second-order valence-corrected chi connectivity index (χ2v) is 6.28. The van der Waals surface area contributed by atoms with Crippen LogP contribution in [0.5, 0.6) is 5.75 Å². The van der Waals surface area contributed by atoms with Gasteiger partial charge in [0.15, 0.2) is 0 Å². The highest BCUT2D eigenvalue weighted by Gasteiger charge is 2.39. The lowest BCUT2D eigenvalue weighted by Crippen LogP contribution is -2.54. The van der Waals surface area contributed by atoms with Crippen LogP contribution in [0.3, 0.4) is 0 Å². The fraction of sp³-hybridized carbons (Fsp3) is 0.529. The fourth-order valence-corrected chi connectivity index (χ4v) is 2.97. The molecule has 2 rings (SSSR count). The van der Waals surface area contributed by atoms with Crippen LogP contribution in [0.4, 0.5) is 5.69 Å². The maximum absolute atomic E-state index is 12.4. The van der Waals surface area contributed by atoms with Gasteiger partial charge in [-0.05, 0) is 44.1 Å². The maximum atomic E-state index is 12.4. The van der Waals surface area contributed by atoms with Crippen molar-refractivity contribution in [1.82, 2.24) is 10.6 Å². The van der Waals surface area contributed by atoms with Crippen molar-refractivity contribution in [2.24, 2.45) is 0 Å². The summed E-state index contributed by atoms with van der Waals surface area (Å²) in [5.74, 6) is 0.108. The summed E-state index contributed by atoms with van der Waals surface area (Å²) in [6, 6.07) is 4.98. The van der Waals surface area contributed by atoms with Gasteiger partial charge in [-0.15, -0.1) is 12.4 Å². The number of benzene rings is 1. The van der Waals surface area contributed by atoms with E-state index in [9.17, 15) is 9.59 Å². The molecule has 0 radical (unpaired) electrons. The van der Waals surface area contributed by atoms with Gasteiger partial charge >= 0.3 is 0 Å². The van der Waals surface area contributed by atoms with E-state index in [-0.39, 0.29) is 37.2 Å². The summed E-state index contributed by atoms with van der Waals surface area (Å²) in [7, 11) is 3.06. The molecule has 0 atom stereocenters. The Morgan fingerprint density at radius 3 is 2.58 bits per heavy atom. The Bertz CT molecular complexity index is 622. The fourth-order valence-electron chi connectivity index (χ4n) is 2.80. The number of hydrogen-bond donors (Lipinski definition) is 3. The van der Waals surface area contributed by atoms with E-state index in [0.29, 0.717) is 29.3 Å². The number of nitrogens with one attached hydrogen (secondary N) is 3. The van der Waals surface area contributed by atoms with Crippen LogP contribution in [0.25, 0.3) is 0 Å². The smallest absolute Gasteiger partial charge is 0.252 e. The first kappa shape index (κ1) is 22.5. The van der Waals surface area contributed by atoms with Gasteiger partial charge in [-0.2, -0.15) is 0 Å². The lowest BCUT2D eigenvalue weighted by molar-refractivity contribution is -0.146. The predicted octanol–water partition coefficient (Wildman–Crippen LogP) is 1.98. The number of methoxy groups -OCH3 is 2. The molecule has 0 saturated carbocycles. The van der Waals surface area contributed by atoms with Crippen LogP contribution in [0.15, 0.2) is 18.2 Å². The van der Waals surface area contributed by atoms with Crippen molar-refractivity contribution in [3.05, 3.63) is 23.2 Å². The topological polar surface area (TPSA) is 88.7 Å². The number of hydrogen-bond acceptors (Lipinski definition) is 5. The van der Waals surface area contributed by atoms with Gasteiger partial charge < -0.3 is 25.4 Å². The summed E-state index contributed by atoms with van der Waals surface area (Å²) < 4.78 is 10.6. The van der Waals surface area contributed by atoms with Gasteiger partial charge in [0.1, 0.15) is 11.4 Å². The summed E-state index contributed by atoms with van der Waals surface area (Å²) in [5.41, 5.74) is -0.309. The normalized spacial score (nSPS) is 15.5. The molecule has 1 aromatic carbocycles. The zero-order valence-electron chi connectivity index (χ0n) is 14.9. The Labute approximate surface area is 164 Å². The molecule has 9 heteroatoms. The monoisotopic (exact) mass is 405 g/mol. The minimum absolute atomic E-state index is 0. The maximum Gasteiger partial charge on any atom is 0.252 e. The minimum atomic E-state index is -0.808. The van der Waals surface area contributed by atoms with Gasteiger partial charge in [0.2, 0.25) is 5.91 Å². The molecule has 146 valence electrons. The molecule has 1 saturated heterocycles. The first-order valence-corrected chi connectivity index (χ1v) is 8.56. The molecule has 1 aliphatic rings. The van der Waals surface area contributed by atoms with Crippen molar-refractivity contribution < 1.29 is 19.1 Å². The molecule has 0 aliphatic carbocycles. The lowest BCUT2D eigenvalue weighted by atomic mass is 9.91. The van der Waals surface area contributed by atoms with Gasteiger partial charge in [0.25, 0.3) is 5.91 Å². The van der Waals surface area contributed by atoms with Crippen molar-refractivity contribution in [2.75, 3.05) is 39.2 Å². The Hall–Kier alpha value is -1.54. The molecule has 26 heavy (non-hydrogen) atoms. The largest absolute Gasteiger partial charge is 0.495 e. The van der Waals surface area contributed by atoms with E-state index in [4.69, 9.17) is 21.1 Å². The van der Waals surface area contributed by atoms with E-state index in [1.165, 1.54) is 7.11 Å². The van der Waals surface area contributed by atoms with Gasteiger partial charge in [0.05, 0.1) is 12.8 Å². The molecular weight excluding hydrogens is 381 g/mol. The van der Waals surface area contributed by atoms with Crippen LogP contribution in [0.1, 0.15) is 19.3 Å². The third-order valence-electron chi connectivity index (χ3n) is 4.29. The third kappa shape index (κ3) is 5.74. The number of rotatable bonds is 7. The van der Waals surface area contributed by atoms with Crippen molar-refractivity contribution in [3.63, 3.8) is 0 Å². The van der Waals surface area contributed by atoms with Crippen LogP contribution in [-0.2, 0) is 14.3 Å². The van der Waals surface area contributed by atoms with Crippen molar-refractivity contribution >= 4 is 41.5 Å². The molecule has 2 amide bonds. The van der Waals surface area contributed by atoms with Crippen LogP contribution in [0.2, 0.25) is 5.02 Å². The summed E-state index contributed by atoms with van der Waals surface area (Å²) in [4.78, 5) is 24.5. The average Bonchev–Trinajstić information content (AvgIpc) is 2.62. The highest BCUT2D eigenvalue weighted by molar-refractivity contribution is 6.31. The summed E-state index contributed by atoms with van der Waals surface area (Å²) in [6.07, 6.45) is 1.36. The van der Waals surface area contributed by atoms with Crippen molar-refractivity contribution in [3.8, 4) is 5.75 Å². The second-order valence-electron chi connectivity index (χ2n) is 5.85. The molecule has 1 fully saturated rings. The molecule has 1 heterocycles. The summed E-state index contributed by atoms with van der Waals surface area (Å²) in [6.45, 7) is 1.69. The Kier molecular flexibility index (Phi) is 9.15. The number of halogens is 2. The van der Waals surface area contributed by atoms with Crippen LogP contribution in [-0.4, -0.2) is 51.3 Å².